The second-order valence-electron chi connectivity index (χ2n) is 7.20. The Labute approximate surface area is 180 Å². The van der Waals surface area contributed by atoms with Crippen molar-refractivity contribution in [1.29, 1.82) is 0 Å². The van der Waals surface area contributed by atoms with Crippen molar-refractivity contribution in [2.45, 2.75) is 10.9 Å². The van der Waals surface area contributed by atoms with Gasteiger partial charge < -0.3 is 9.80 Å². The van der Waals surface area contributed by atoms with E-state index in [1.165, 1.54) is 4.31 Å². The zero-order valence-corrected chi connectivity index (χ0v) is 18.0. The van der Waals surface area contributed by atoms with Crippen LogP contribution >= 0.6 is 11.8 Å². The molecule has 0 aliphatic carbocycles. The summed E-state index contributed by atoms with van der Waals surface area (Å²) in [7, 11) is -3.56. The van der Waals surface area contributed by atoms with Gasteiger partial charge in [0, 0.05) is 37.5 Å². The van der Waals surface area contributed by atoms with E-state index >= 15 is 0 Å². The van der Waals surface area contributed by atoms with Gasteiger partial charge in [-0.3, -0.25) is 9.59 Å². The van der Waals surface area contributed by atoms with Crippen molar-refractivity contribution in [1.82, 2.24) is 14.1 Å². The molecule has 2 saturated heterocycles. The maximum Gasteiger partial charge on any atom is 0.255 e. The van der Waals surface area contributed by atoms with Crippen LogP contribution in [-0.4, -0.2) is 78.2 Å². The molecule has 0 bridgehead atoms. The van der Waals surface area contributed by atoms with Crippen molar-refractivity contribution >= 4 is 33.6 Å². The molecule has 0 spiro atoms. The van der Waals surface area contributed by atoms with E-state index in [2.05, 4.69) is 0 Å². The second-order valence-corrected chi connectivity index (χ2v) is 10.1. The quantitative estimate of drug-likeness (QED) is 0.716. The molecule has 0 N–H and O–H groups in total. The van der Waals surface area contributed by atoms with Crippen molar-refractivity contribution in [2.75, 3.05) is 37.8 Å². The van der Waals surface area contributed by atoms with E-state index < -0.39 is 16.1 Å². The summed E-state index contributed by atoms with van der Waals surface area (Å²) in [4.78, 5) is 29.5. The molecular weight excluding hydrogens is 422 g/mol. The molecule has 2 fully saturated rings. The van der Waals surface area contributed by atoms with E-state index in [1.807, 2.05) is 6.07 Å². The first-order valence-electron chi connectivity index (χ1n) is 9.76. The van der Waals surface area contributed by atoms with Gasteiger partial charge in [0.25, 0.3) is 5.91 Å². The van der Waals surface area contributed by atoms with Gasteiger partial charge in [0.1, 0.15) is 6.04 Å². The van der Waals surface area contributed by atoms with Gasteiger partial charge in [0.05, 0.1) is 10.8 Å². The number of nitrogens with zero attached hydrogens (tertiary/aromatic N) is 3. The Morgan fingerprint density at radius 2 is 1.47 bits per heavy atom. The topological polar surface area (TPSA) is 78.0 Å². The Morgan fingerprint density at radius 1 is 0.867 bits per heavy atom. The van der Waals surface area contributed by atoms with Crippen LogP contribution in [0.25, 0.3) is 0 Å². The van der Waals surface area contributed by atoms with E-state index in [4.69, 9.17) is 0 Å². The summed E-state index contributed by atoms with van der Waals surface area (Å²) in [5.74, 6) is 0.775. The largest absolute Gasteiger partial charge is 0.338 e. The highest BCUT2D eigenvalue weighted by Crippen LogP contribution is 2.25. The Kier molecular flexibility index (Phi) is 6.12. The fraction of sp³-hybridized carbons (Fsp3) is 0.333. The van der Waals surface area contributed by atoms with E-state index in [-0.39, 0.29) is 29.8 Å². The van der Waals surface area contributed by atoms with E-state index in [9.17, 15) is 18.0 Å². The highest BCUT2D eigenvalue weighted by atomic mass is 32.2. The van der Waals surface area contributed by atoms with Gasteiger partial charge in [-0.2, -0.15) is 4.31 Å². The number of thioether (sulfide) groups is 1. The molecule has 0 saturated carbocycles. The molecule has 0 aromatic heterocycles. The zero-order valence-electron chi connectivity index (χ0n) is 16.4. The lowest BCUT2D eigenvalue weighted by Crippen LogP contribution is -2.55. The Bertz CT molecular complexity index is 1010. The van der Waals surface area contributed by atoms with Crippen molar-refractivity contribution in [2.24, 2.45) is 0 Å². The maximum atomic E-state index is 13.1. The summed E-state index contributed by atoms with van der Waals surface area (Å²) >= 11 is 1.56. The number of carbonyl (C=O) groups excluding carboxylic acids is 2. The van der Waals surface area contributed by atoms with Crippen molar-refractivity contribution in [3.8, 4) is 0 Å². The SMILES string of the molecule is O=C([C@@H]1CSCN1C(=O)c1ccccc1)N1CCN(S(=O)(=O)c2ccccc2)CC1. The van der Waals surface area contributed by atoms with Crippen LogP contribution in [0, 0.1) is 0 Å². The smallest absolute Gasteiger partial charge is 0.255 e. The van der Waals surface area contributed by atoms with Gasteiger partial charge in [-0.25, -0.2) is 8.42 Å². The molecule has 2 aromatic rings. The predicted octanol–water partition coefficient (Wildman–Crippen LogP) is 1.73. The van der Waals surface area contributed by atoms with Gasteiger partial charge in [-0.15, -0.1) is 11.8 Å². The van der Waals surface area contributed by atoms with Crippen LogP contribution in [0.5, 0.6) is 0 Å². The number of amides is 2. The van der Waals surface area contributed by atoms with Gasteiger partial charge in [-0.05, 0) is 24.3 Å². The van der Waals surface area contributed by atoms with Crippen LogP contribution < -0.4 is 0 Å². The standard InChI is InChI=1S/C21H23N3O4S2/c25-20(17-7-3-1-4-8-17)24-16-29-15-19(24)21(26)22-11-13-23(14-12-22)30(27,28)18-9-5-2-6-10-18/h1-10,19H,11-16H2/t19-/m0/s1. The molecule has 2 amide bonds. The van der Waals surface area contributed by atoms with E-state index in [1.54, 1.807) is 76.2 Å². The molecule has 2 aliphatic rings. The van der Waals surface area contributed by atoms with E-state index in [0.29, 0.717) is 30.3 Å². The second kappa shape index (κ2) is 8.79. The average Bonchev–Trinajstić information content (AvgIpc) is 3.29. The minimum absolute atomic E-state index is 0.110. The number of sulfonamides is 1. The average molecular weight is 446 g/mol. The van der Waals surface area contributed by atoms with Crippen molar-refractivity contribution in [3.63, 3.8) is 0 Å². The fourth-order valence-electron chi connectivity index (χ4n) is 3.70. The lowest BCUT2D eigenvalue weighted by molar-refractivity contribution is -0.136. The summed E-state index contributed by atoms with van der Waals surface area (Å²) in [5, 5.41) is 0. The van der Waals surface area contributed by atoms with Crippen molar-refractivity contribution in [3.05, 3.63) is 66.2 Å². The summed E-state index contributed by atoms with van der Waals surface area (Å²) in [6.07, 6.45) is 0. The number of piperazine rings is 1. The lowest BCUT2D eigenvalue weighted by Gasteiger charge is -2.36. The van der Waals surface area contributed by atoms with Crippen LogP contribution in [-0.2, 0) is 14.8 Å². The first-order valence-corrected chi connectivity index (χ1v) is 12.4. The third-order valence-electron chi connectivity index (χ3n) is 5.38. The van der Waals surface area contributed by atoms with Gasteiger partial charge in [0.15, 0.2) is 0 Å². The lowest BCUT2D eigenvalue weighted by atomic mass is 10.1. The van der Waals surface area contributed by atoms with Gasteiger partial charge >= 0.3 is 0 Å². The number of carbonyl (C=O) groups is 2. The molecule has 0 unspecified atom stereocenters. The molecule has 30 heavy (non-hydrogen) atoms. The third kappa shape index (κ3) is 4.10. The number of rotatable bonds is 4. The summed E-state index contributed by atoms with van der Waals surface area (Å²) in [6, 6.07) is 16.8. The predicted molar refractivity (Wildman–Crippen MR) is 116 cm³/mol. The monoisotopic (exact) mass is 445 g/mol. The highest BCUT2D eigenvalue weighted by Gasteiger charge is 2.39. The molecule has 158 valence electrons. The van der Waals surface area contributed by atoms with Gasteiger partial charge in [-0.1, -0.05) is 36.4 Å². The Balaban J connectivity index is 1.41. The fourth-order valence-corrected chi connectivity index (χ4v) is 6.28. The number of benzene rings is 2. The minimum atomic E-state index is -3.56. The molecule has 2 aromatic carbocycles. The first-order chi connectivity index (χ1) is 14.5. The van der Waals surface area contributed by atoms with Crippen LogP contribution in [0.4, 0.5) is 0 Å². The van der Waals surface area contributed by atoms with Crippen LogP contribution in [0.2, 0.25) is 0 Å². The molecular formula is C21H23N3O4S2. The summed E-state index contributed by atoms with van der Waals surface area (Å²) < 4.78 is 27.0. The zero-order chi connectivity index (χ0) is 21.1. The van der Waals surface area contributed by atoms with Gasteiger partial charge in [0.2, 0.25) is 15.9 Å². The third-order valence-corrected chi connectivity index (χ3v) is 8.31. The van der Waals surface area contributed by atoms with Crippen LogP contribution in [0.15, 0.2) is 65.6 Å². The molecule has 9 heteroatoms. The number of hydrogen-bond acceptors (Lipinski definition) is 5. The molecule has 2 aliphatic heterocycles. The maximum absolute atomic E-state index is 13.1. The normalized spacial score (nSPS) is 20.3. The first kappa shape index (κ1) is 20.9. The summed E-state index contributed by atoms with van der Waals surface area (Å²) in [5.41, 5.74) is 0.566. The molecule has 7 nitrogen and oxygen atoms in total. The molecule has 4 rings (SSSR count). The minimum Gasteiger partial charge on any atom is -0.338 e. The Hall–Kier alpha value is -2.36. The Morgan fingerprint density at radius 3 is 2.10 bits per heavy atom. The molecule has 1 atom stereocenters. The number of hydrogen-bond donors (Lipinski definition) is 0. The molecule has 2 heterocycles. The van der Waals surface area contributed by atoms with E-state index in [0.717, 1.165) is 0 Å². The summed E-state index contributed by atoms with van der Waals surface area (Å²) in [6.45, 7) is 1.13. The molecule has 0 radical (unpaired) electrons. The highest BCUT2D eigenvalue weighted by molar-refractivity contribution is 7.99. The van der Waals surface area contributed by atoms with Crippen molar-refractivity contribution < 1.29 is 18.0 Å². The van der Waals surface area contributed by atoms with Crippen LogP contribution in [0.1, 0.15) is 10.4 Å². The van der Waals surface area contributed by atoms with Crippen LogP contribution in [0.3, 0.4) is 0 Å².